The SMILES string of the molecule is O=C(Nc1ccc(F)cc1)N1CC2CC1CN2C(=O)c1cc(Cc2n[nH]c(=O)c3ccccc23)ccc1F. The summed E-state index contributed by atoms with van der Waals surface area (Å²) in [5.41, 5.74) is 1.46. The van der Waals surface area contributed by atoms with E-state index in [0.717, 1.165) is 0 Å². The third-order valence-corrected chi connectivity index (χ3v) is 7.27. The average molecular weight is 516 g/mol. The molecule has 1 aromatic heterocycles. The summed E-state index contributed by atoms with van der Waals surface area (Å²) in [6, 6.07) is 16.3. The lowest BCUT2D eigenvalue weighted by molar-refractivity contribution is 0.0653. The van der Waals surface area contributed by atoms with E-state index in [0.29, 0.717) is 53.6 Å². The number of hydrogen-bond acceptors (Lipinski definition) is 4. The maximum absolute atomic E-state index is 14.8. The van der Waals surface area contributed by atoms with Crippen molar-refractivity contribution in [2.75, 3.05) is 18.4 Å². The average Bonchev–Trinajstić information content (AvgIpc) is 3.54. The number of anilines is 1. The van der Waals surface area contributed by atoms with Gasteiger partial charge in [-0.25, -0.2) is 18.7 Å². The van der Waals surface area contributed by atoms with Crippen LogP contribution in [0.5, 0.6) is 0 Å². The van der Waals surface area contributed by atoms with E-state index in [1.165, 1.54) is 36.4 Å². The largest absolute Gasteiger partial charge is 0.332 e. The summed E-state index contributed by atoms with van der Waals surface area (Å²) in [6.45, 7) is 0.633. The van der Waals surface area contributed by atoms with E-state index in [9.17, 15) is 23.2 Å². The number of nitrogens with zero attached hydrogens (tertiary/aromatic N) is 3. The van der Waals surface area contributed by atoms with Crippen molar-refractivity contribution in [3.05, 3.63) is 106 Å². The zero-order chi connectivity index (χ0) is 26.4. The Morgan fingerprint density at radius 3 is 2.39 bits per heavy atom. The molecule has 2 saturated heterocycles. The lowest BCUT2D eigenvalue weighted by Crippen LogP contribution is -2.51. The van der Waals surface area contributed by atoms with Crippen LogP contribution in [-0.4, -0.2) is 57.1 Å². The van der Waals surface area contributed by atoms with Crippen molar-refractivity contribution >= 4 is 28.4 Å². The molecule has 2 N–H and O–H groups in total. The summed E-state index contributed by atoms with van der Waals surface area (Å²) < 4.78 is 28.0. The van der Waals surface area contributed by atoms with Gasteiger partial charge in [-0.1, -0.05) is 24.3 Å². The van der Waals surface area contributed by atoms with Crippen LogP contribution in [-0.2, 0) is 6.42 Å². The van der Waals surface area contributed by atoms with Crippen molar-refractivity contribution in [3.63, 3.8) is 0 Å². The molecule has 2 aliphatic heterocycles. The molecule has 6 rings (SSSR count). The fraction of sp³-hybridized carbons (Fsp3) is 0.214. The molecular formula is C28H23F2N5O3. The summed E-state index contributed by atoms with van der Waals surface area (Å²) in [5, 5.41) is 10.6. The zero-order valence-electron chi connectivity index (χ0n) is 20.2. The molecule has 2 fully saturated rings. The molecule has 2 atom stereocenters. The zero-order valence-corrected chi connectivity index (χ0v) is 20.2. The Labute approximate surface area is 215 Å². The van der Waals surface area contributed by atoms with Crippen LogP contribution in [0.25, 0.3) is 10.8 Å². The number of likely N-dealkylation sites (tertiary alicyclic amines) is 2. The number of aromatic amines is 1. The Bertz CT molecular complexity index is 1620. The van der Waals surface area contributed by atoms with Crippen molar-refractivity contribution in [1.82, 2.24) is 20.0 Å². The maximum Gasteiger partial charge on any atom is 0.322 e. The van der Waals surface area contributed by atoms with Gasteiger partial charge in [-0.15, -0.1) is 0 Å². The number of rotatable bonds is 4. The fourth-order valence-corrected chi connectivity index (χ4v) is 5.39. The number of hydrogen-bond donors (Lipinski definition) is 2. The lowest BCUT2D eigenvalue weighted by atomic mass is 10.0. The molecule has 0 spiro atoms. The number of amides is 3. The van der Waals surface area contributed by atoms with Crippen LogP contribution < -0.4 is 10.9 Å². The quantitative estimate of drug-likeness (QED) is 0.431. The van der Waals surface area contributed by atoms with E-state index in [1.807, 2.05) is 6.07 Å². The van der Waals surface area contributed by atoms with Crippen LogP contribution in [0.15, 0.2) is 71.5 Å². The van der Waals surface area contributed by atoms with Crippen LogP contribution in [0.3, 0.4) is 0 Å². The molecule has 38 heavy (non-hydrogen) atoms. The van der Waals surface area contributed by atoms with E-state index in [4.69, 9.17) is 0 Å². The van der Waals surface area contributed by atoms with E-state index in [-0.39, 0.29) is 29.2 Å². The van der Waals surface area contributed by atoms with Crippen molar-refractivity contribution in [1.29, 1.82) is 0 Å². The highest BCUT2D eigenvalue weighted by molar-refractivity contribution is 5.96. The molecule has 10 heteroatoms. The number of nitrogens with one attached hydrogen (secondary N) is 2. The van der Waals surface area contributed by atoms with Gasteiger partial charge in [0, 0.05) is 30.6 Å². The van der Waals surface area contributed by atoms with E-state index >= 15 is 0 Å². The van der Waals surface area contributed by atoms with Gasteiger partial charge < -0.3 is 15.1 Å². The minimum Gasteiger partial charge on any atom is -0.332 e. The molecule has 3 aromatic carbocycles. The van der Waals surface area contributed by atoms with E-state index in [2.05, 4.69) is 15.5 Å². The maximum atomic E-state index is 14.8. The molecule has 0 saturated carbocycles. The van der Waals surface area contributed by atoms with Gasteiger partial charge in [-0.05, 0) is 54.4 Å². The first kappa shape index (κ1) is 23.8. The minimum atomic E-state index is -0.619. The number of fused-ring (bicyclic) bond motifs is 3. The van der Waals surface area contributed by atoms with Gasteiger partial charge in [-0.3, -0.25) is 9.59 Å². The molecule has 8 nitrogen and oxygen atoms in total. The Morgan fingerprint density at radius 2 is 1.66 bits per heavy atom. The van der Waals surface area contributed by atoms with E-state index in [1.54, 1.807) is 34.1 Å². The number of aromatic nitrogens is 2. The Morgan fingerprint density at radius 1 is 0.947 bits per heavy atom. The molecule has 0 radical (unpaired) electrons. The molecule has 4 aromatic rings. The van der Waals surface area contributed by atoms with Crippen molar-refractivity contribution in [3.8, 4) is 0 Å². The highest BCUT2D eigenvalue weighted by atomic mass is 19.1. The summed E-state index contributed by atoms with van der Waals surface area (Å²) in [6.07, 6.45) is 0.915. The topological polar surface area (TPSA) is 98.4 Å². The first-order chi connectivity index (χ1) is 18.4. The van der Waals surface area contributed by atoms with Crippen LogP contribution in [0.2, 0.25) is 0 Å². The predicted octanol–water partition coefficient (Wildman–Crippen LogP) is 3.92. The smallest absolute Gasteiger partial charge is 0.322 e. The summed E-state index contributed by atoms with van der Waals surface area (Å²) in [5.74, 6) is -1.43. The fourth-order valence-electron chi connectivity index (χ4n) is 5.39. The van der Waals surface area contributed by atoms with Crippen LogP contribution in [0.4, 0.5) is 19.3 Å². The van der Waals surface area contributed by atoms with Gasteiger partial charge in [0.05, 0.1) is 28.7 Å². The van der Waals surface area contributed by atoms with Crippen LogP contribution in [0.1, 0.15) is 28.0 Å². The standard InChI is InChI=1S/C28H23F2N5O3/c29-17-6-8-18(9-7-17)31-28(38)35-15-19-13-20(35)14-34(19)27(37)23-11-16(5-10-24(23)30)12-25-21-3-1-2-4-22(21)26(36)33-32-25/h1-11,19-20H,12-15H2,(H,31,38)(H,33,36). The Balaban J connectivity index is 1.17. The van der Waals surface area contributed by atoms with Crippen LogP contribution in [0, 0.1) is 11.6 Å². The van der Waals surface area contributed by atoms with Gasteiger partial charge in [0.1, 0.15) is 11.6 Å². The molecule has 3 heterocycles. The summed E-state index contributed by atoms with van der Waals surface area (Å²) in [7, 11) is 0. The van der Waals surface area contributed by atoms with Crippen molar-refractivity contribution in [2.45, 2.75) is 24.9 Å². The predicted molar refractivity (Wildman–Crippen MR) is 137 cm³/mol. The first-order valence-corrected chi connectivity index (χ1v) is 12.3. The second-order valence-corrected chi connectivity index (χ2v) is 9.63. The molecular weight excluding hydrogens is 492 g/mol. The minimum absolute atomic E-state index is 0.0360. The molecule has 0 aliphatic carbocycles. The summed E-state index contributed by atoms with van der Waals surface area (Å²) in [4.78, 5) is 41.5. The van der Waals surface area contributed by atoms with Gasteiger partial charge >= 0.3 is 6.03 Å². The number of piperazine rings is 1. The second kappa shape index (κ2) is 9.37. The number of halogens is 2. The number of H-pyrrole nitrogens is 1. The lowest BCUT2D eigenvalue weighted by Gasteiger charge is -2.34. The van der Waals surface area contributed by atoms with Gasteiger partial charge in [0.2, 0.25) is 0 Å². The number of carbonyl (C=O) groups is 2. The monoisotopic (exact) mass is 515 g/mol. The third kappa shape index (κ3) is 4.27. The molecule has 2 unspecified atom stereocenters. The normalized spacial score (nSPS) is 18.3. The van der Waals surface area contributed by atoms with Crippen LogP contribution >= 0.6 is 0 Å². The number of carbonyl (C=O) groups excluding carboxylic acids is 2. The number of urea groups is 1. The highest BCUT2D eigenvalue weighted by Gasteiger charge is 2.47. The molecule has 192 valence electrons. The Hall–Kier alpha value is -4.60. The van der Waals surface area contributed by atoms with Crippen molar-refractivity contribution in [2.24, 2.45) is 0 Å². The second-order valence-electron chi connectivity index (χ2n) is 9.63. The third-order valence-electron chi connectivity index (χ3n) is 7.27. The molecule has 2 aliphatic rings. The van der Waals surface area contributed by atoms with Gasteiger partial charge in [0.15, 0.2) is 0 Å². The molecule has 2 bridgehead atoms. The highest BCUT2D eigenvalue weighted by Crippen LogP contribution is 2.33. The number of benzene rings is 3. The van der Waals surface area contributed by atoms with E-state index < -0.39 is 17.5 Å². The molecule has 3 amide bonds. The van der Waals surface area contributed by atoms with Gasteiger partial charge in [0.25, 0.3) is 11.5 Å². The summed E-state index contributed by atoms with van der Waals surface area (Å²) >= 11 is 0. The Kier molecular flexibility index (Phi) is 5.86. The van der Waals surface area contributed by atoms with Gasteiger partial charge in [-0.2, -0.15) is 5.10 Å². The van der Waals surface area contributed by atoms with Crippen molar-refractivity contribution < 1.29 is 18.4 Å². The first-order valence-electron chi connectivity index (χ1n) is 12.3.